The zero-order valence-electron chi connectivity index (χ0n) is 26.6. The molecular formula is C36H51N2O2PS. The van der Waals surface area contributed by atoms with Crippen LogP contribution in [0.25, 0.3) is 0 Å². The summed E-state index contributed by atoms with van der Waals surface area (Å²) < 4.78 is 30.5. The van der Waals surface area contributed by atoms with Crippen LogP contribution in [0.5, 0.6) is 0 Å². The first kappa shape index (κ1) is 32.9. The highest BCUT2D eigenvalue weighted by molar-refractivity contribution is 7.89. The second-order valence-corrected chi connectivity index (χ2v) is 17.0. The fourth-order valence-electron chi connectivity index (χ4n) is 6.49. The smallest absolute Gasteiger partial charge is 0.241 e. The quantitative estimate of drug-likeness (QED) is 0.156. The third kappa shape index (κ3) is 7.72. The minimum atomic E-state index is -3.65. The minimum Gasteiger partial charge on any atom is -0.313 e. The molecule has 1 aliphatic carbocycles. The second-order valence-electron chi connectivity index (χ2n) is 12.8. The van der Waals surface area contributed by atoms with E-state index in [-0.39, 0.29) is 11.8 Å². The molecule has 0 aromatic heterocycles. The Balaban J connectivity index is 1.47. The zero-order chi connectivity index (χ0) is 30.4. The van der Waals surface area contributed by atoms with Crippen LogP contribution in [0.1, 0.15) is 102 Å². The molecule has 6 heteroatoms. The van der Waals surface area contributed by atoms with E-state index in [4.69, 9.17) is 0 Å². The van der Waals surface area contributed by atoms with Crippen LogP contribution in [0.15, 0.2) is 77.7 Å². The third-order valence-corrected chi connectivity index (χ3v) is 13.4. The van der Waals surface area contributed by atoms with Crippen molar-refractivity contribution in [3.8, 4) is 0 Å². The van der Waals surface area contributed by atoms with Crippen molar-refractivity contribution in [1.82, 2.24) is 10.0 Å². The van der Waals surface area contributed by atoms with Crippen molar-refractivity contribution >= 4 is 28.6 Å². The van der Waals surface area contributed by atoms with E-state index in [0.29, 0.717) is 41.5 Å². The first-order chi connectivity index (χ1) is 20.0. The van der Waals surface area contributed by atoms with Gasteiger partial charge >= 0.3 is 0 Å². The Bertz CT molecular complexity index is 1320. The van der Waals surface area contributed by atoms with E-state index in [0.717, 1.165) is 11.1 Å². The van der Waals surface area contributed by atoms with Crippen molar-refractivity contribution in [3.63, 3.8) is 0 Å². The third-order valence-electron chi connectivity index (χ3n) is 8.81. The van der Waals surface area contributed by atoms with E-state index < -0.39 is 17.9 Å². The first-order valence-corrected chi connectivity index (χ1v) is 18.7. The van der Waals surface area contributed by atoms with E-state index in [1.165, 1.54) is 35.4 Å². The van der Waals surface area contributed by atoms with Crippen molar-refractivity contribution < 1.29 is 8.42 Å². The molecule has 0 saturated heterocycles. The largest absolute Gasteiger partial charge is 0.313 e. The molecule has 2 unspecified atom stereocenters. The maximum Gasteiger partial charge on any atom is 0.241 e. The molecule has 0 aliphatic heterocycles. The molecule has 2 N–H and O–H groups in total. The molecule has 42 heavy (non-hydrogen) atoms. The lowest BCUT2D eigenvalue weighted by atomic mass is 9.89. The molecule has 0 radical (unpaired) electrons. The molecule has 1 aliphatic rings. The van der Waals surface area contributed by atoms with E-state index >= 15 is 0 Å². The summed E-state index contributed by atoms with van der Waals surface area (Å²) in [6.07, 6.45) is 3.69. The van der Waals surface area contributed by atoms with Crippen LogP contribution in [0, 0.1) is 5.92 Å². The lowest BCUT2D eigenvalue weighted by Crippen LogP contribution is -2.42. The summed E-state index contributed by atoms with van der Waals surface area (Å²) in [4.78, 5) is 0.483. The molecule has 0 amide bonds. The van der Waals surface area contributed by atoms with Crippen molar-refractivity contribution in [2.24, 2.45) is 5.92 Å². The highest BCUT2D eigenvalue weighted by Crippen LogP contribution is 2.51. The molecule has 0 heterocycles. The Morgan fingerprint density at radius 2 is 1.26 bits per heavy atom. The summed E-state index contributed by atoms with van der Waals surface area (Å²) in [7, 11) is -4.12. The molecule has 3 atom stereocenters. The second kappa shape index (κ2) is 14.6. The molecule has 4 nitrogen and oxygen atoms in total. The molecule has 3 aromatic rings. The van der Waals surface area contributed by atoms with Gasteiger partial charge in [0.2, 0.25) is 10.0 Å². The Morgan fingerprint density at radius 1 is 0.738 bits per heavy atom. The van der Waals surface area contributed by atoms with Gasteiger partial charge < -0.3 is 5.32 Å². The van der Waals surface area contributed by atoms with Crippen LogP contribution in [0.3, 0.4) is 0 Å². The van der Waals surface area contributed by atoms with Gasteiger partial charge in [0.05, 0.1) is 4.90 Å². The van der Waals surface area contributed by atoms with E-state index in [2.05, 4.69) is 131 Å². The summed E-state index contributed by atoms with van der Waals surface area (Å²) in [6, 6.07) is 26.6. The van der Waals surface area contributed by atoms with E-state index in [1.54, 1.807) is 0 Å². The van der Waals surface area contributed by atoms with Crippen LogP contribution in [0.4, 0.5) is 0 Å². The molecular weight excluding hydrogens is 555 g/mol. The fraction of sp³-hybridized carbons (Fsp3) is 0.500. The predicted octanol–water partition coefficient (Wildman–Crippen LogP) is 7.61. The molecule has 1 fully saturated rings. The summed E-state index contributed by atoms with van der Waals surface area (Å²) >= 11 is 0. The minimum absolute atomic E-state index is 0.120. The highest BCUT2D eigenvalue weighted by atomic mass is 32.2. The van der Waals surface area contributed by atoms with Crippen molar-refractivity contribution in [1.29, 1.82) is 0 Å². The Kier molecular flexibility index (Phi) is 11.4. The van der Waals surface area contributed by atoms with Gasteiger partial charge in [-0.2, -0.15) is 0 Å². The molecule has 228 valence electrons. The predicted molar refractivity (Wildman–Crippen MR) is 182 cm³/mol. The van der Waals surface area contributed by atoms with Crippen LogP contribution >= 0.6 is 7.92 Å². The van der Waals surface area contributed by atoms with Gasteiger partial charge in [-0.1, -0.05) is 121 Å². The van der Waals surface area contributed by atoms with Gasteiger partial charge in [-0.25, -0.2) is 13.1 Å². The summed E-state index contributed by atoms with van der Waals surface area (Å²) in [6.45, 7) is 16.0. The van der Waals surface area contributed by atoms with Gasteiger partial charge in [0.25, 0.3) is 0 Å². The number of rotatable bonds is 13. The molecule has 4 rings (SSSR count). The van der Waals surface area contributed by atoms with Crippen LogP contribution in [-0.4, -0.2) is 33.2 Å². The van der Waals surface area contributed by atoms with E-state index in [9.17, 15) is 8.42 Å². The Hall–Kier alpha value is -2.04. The number of nitrogens with one attached hydrogen (secondary N) is 2. The molecule has 0 spiro atoms. The van der Waals surface area contributed by atoms with Crippen molar-refractivity contribution in [2.45, 2.75) is 102 Å². The topological polar surface area (TPSA) is 58.2 Å². The lowest BCUT2D eigenvalue weighted by Gasteiger charge is -2.34. The van der Waals surface area contributed by atoms with Crippen LogP contribution in [-0.2, 0) is 10.0 Å². The number of benzene rings is 3. The first-order valence-electron chi connectivity index (χ1n) is 15.8. The maximum atomic E-state index is 13.8. The number of hydrogen-bond acceptors (Lipinski definition) is 3. The fourth-order valence-corrected chi connectivity index (χ4v) is 11.5. The summed E-state index contributed by atoms with van der Waals surface area (Å²) in [5.41, 5.74) is 3.64. The van der Waals surface area contributed by atoms with Gasteiger partial charge in [0.15, 0.2) is 0 Å². The van der Waals surface area contributed by atoms with E-state index in [1.807, 2.05) is 0 Å². The van der Waals surface area contributed by atoms with Gasteiger partial charge in [-0.15, -0.1) is 0 Å². The number of hydrogen-bond donors (Lipinski definition) is 2. The van der Waals surface area contributed by atoms with Crippen molar-refractivity contribution in [2.75, 3.05) is 13.1 Å². The molecule has 1 saturated carbocycles. The number of sulfonamides is 1. The Morgan fingerprint density at radius 3 is 1.74 bits per heavy atom. The standard InChI is InChI=1S/C36H51N2O2PS/c1-25(2)29-23-33(26(3)4)36(34(24-29)27(5)6)42(39,40)38-22-21-37-28(7)32-19-14-20-35(32)41(30-15-10-8-11-16-30)31-17-12-9-13-18-31/h8-13,15-18,23-28,32,35,37-38H,14,19-22H2,1-7H3/t28-,32?,35?/m1/s1. The van der Waals surface area contributed by atoms with Crippen LogP contribution < -0.4 is 20.6 Å². The summed E-state index contributed by atoms with van der Waals surface area (Å²) in [5, 5.41) is 6.61. The monoisotopic (exact) mass is 606 g/mol. The Labute approximate surface area is 256 Å². The average molecular weight is 607 g/mol. The van der Waals surface area contributed by atoms with Crippen molar-refractivity contribution in [3.05, 3.63) is 89.5 Å². The van der Waals surface area contributed by atoms with Crippen LogP contribution in [0.2, 0.25) is 0 Å². The SMILES string of the molecule is CC(C)c1cc(C(C)C)c(S(=O)(=O)NCCN[C@H](C)C2CCCC2P(c2ccccc2)c2ccccc2)c(C(C)C)c1. The normalized spacial score (nSPS) is 18.5. The maximum absolute atomic E-state index is 13.8. The van der Waals surface area contributed by atoms with Gasteiger partial charge in [-0.05, 0) is 84.3 Å². The van der Waals surface area contributed by atoms with Gasteiger partial charge in [0.1, 0.15) is 0 Å². The lowest BCUT2D eigenvalue weighted by molar-refractivity contribution is 0.388. The van der Waals surface area contributed by atoms with Gasteiger partial charge in [0, 0.05) is 19.1 Å². The highest BCUT2D eigenvalue weighted by Gasteiger charge is 2.38. The molecule has 3 aromatic carbocycles. The summed E-state index contributed by atoms with van der Waals surface area (Å²) in [5.74, 6) is 1.14. The average Bonchev–Trinajstić information content (AvgIpc) is 3.45. The molecule has 0 bridgehead atoms. The zero-order valence-corrected chi connectivity index (χ0v) is 28.3. The van der Waals surface area contributed by atoms with Gasteiger partial charge in [-0.3, -0.25) is 0 Å².